The first-order valence-corrected chi connectivity index (χ1v) is 7.44. The number of hydrogen-bond acceptors (Lipinski definition) is 1. The van der Waals surface area contributed by atoms with Gasteiger partial charge < -0.3 is 5.32 Å². The Labute approximate surface area is 112 Å². The molecular weight excluding hydrogens is 218 g/mol. The fraction of sp³-hybridized carbons (Fsp3) is 0.647. The minimum Gasteiger partial charge on any atom is -0.316 e. The minimum atomic E-state index is 0.658. The number of hydrogen-bond donors (Lipinski definition) is 1. The van der Waals surface area contributed by atoms with E-state index >= 15 is 0 Å². The SMILES string of the molecule is CNC(Cc1cc(C)ccc1C)C1CCCCC1. The highest BCUT2D eigenvalue weighted by Crippen LogP contribution is 2.28. The minimum absolute atomic E-state index is 0.658. The van der Waals surface area contributed by atoms with Crippen LogP contribution in [0.4, 0.5) is 0 Å². The lowest BCUT2D eigenvalue weighted by atomic mass is 9.81. The first kappa shape index (κ1) is 13.6. The molecule has 0 spiro atoms. The molecule has 0 radical (unpaired) electrons. The topological polar surface area (TPSA) is 12.0 Å². The van der Waals surface area contributed by atoms with E-state index in [0.29, 0.717) is 6.04 Å². The van der Waals surface area contributed by atoms with Crippen molar-refractivity contribution in [2.24, 2.45) is 5.92 Å². The maximum Gasteiger partial charge on any atom is 0.0133 e. The molecule has 1 aliphatic carbocycles. The van der Waals surface area contributed by atoms with Gasteiger partial charge in [-0.2, -0.15) is 0 Å². The Morgan fingerprint density at radius 1 is 1.17 bits per heavy atom. The molecular formula is C17H27N. The fourth-order valence-electron chi connectivity index (χ4n) is 3.30. The Bertz CT molecular complexity index is 377. The van der Waals surface area contributed by atoms with Gasteiger partial charge in [-0.05, 0) is 57.2 Å². The summed E-state index contributed by atoms with van der Waals surface area (Å²) in [7, 11) is 2.13. The summed E-state index contributed by atoms with van der Waals surface area (Å²) < 4.78 is 0. The third-order valence-electron chi connectivity index (χ3n) is 4.53. The molecule has 1 aromatic rings. The molecule has 0 aromatic heterocycles. The molecule has 18 heavy (non-hydrogen) atoms. The third kappa shape index (κ3) is 3.35. The van der Waals surface area contributed by atoms with Gasteiger partial charge in [-0.3, -0.25) is 0 Å². The van der Waals surface area contributed by atoms with Gasteiger partial charge in [-0.25, -0.2) is 0 Å². The third-order valence-corrected chi connectivity index (χ3v) is 4.53. The van der Waals surface area contributed by atoms with Crippen LogP contribution in [-0.2, 0) is 6.42 Å². The van der Waals surface area contributed by atoms with Crippen LogP contribution in [0.25, 0.3) is 0 Å². The first-order chi connectivity index (χ1) is 8.70. The number of benzene rings is 1. The Morgan fingerprint density at radius 2 is 1.89 bits per heavy atom. The predicted molar refractivity (Wildman–Crippen MR) is 79.0 cm³/mol. The number of rotatable bonds is 4. The van der Waals surface area contributed by atoms with Gasteiger partial charge in [0.05, 0.1) is 0 Å². The van der Waals surface area contributed by atoms with Crippen molar-refractivity contribution in [1.82, 2.24) is 5.32 Å². The van der Waals surface area contributed by atoms with Crippen LogP contribution >= 0.6 is 0 Å². The Hall–Kier alpha value is -0.820. The van der Waals surface area contributed by atoms with Gasteiger partial charge in [-0.1, -0.05) is 43.0 Å². The van der Waals surface area contributed by atoms with Crippen molar-refractivity contribution < 1.29 is 0 Å². The van der Waals surface area contributed by atoms with E-state index in [1.165, 1.54) is 55.2 Å². The zero-order chi connectivity index (χ0) is 13.0. The second kappa shape index (κ2) is 6.38. The molecule has 1 heteroatoms. The van der Waals surface area contributed by atoms with Crippen LogP contribution in [0, 0.1) is 19.8 Å². The van der Waals surface area contributed by atoms with E-state index in [0.717, 1.165) is 5.92 Å². The van der Waals surface area contributed by atoms with Crippen LogP contribution in [0.1, 0.15) is 48.8 Å². The van der Waals surface area contributed by atoms with E-state index in [-0.39, 0.29) is 0 Å². The van der Waals surface area contributed by atoms with Crippen LogP contribution in [0.2, 0.25) is 0 Å². The lowest BCUT2D eigenvalue weighted by Gasteiger charge is -2.30. The quantitative estimate of drug-likeness (QED) is 0.845. The van der Waals surface area contributed by atoms with Crippen LogP contribution in [0.15, 0.2) is 18.2 Å². The maximum atomic E-state index is 3.57. The first-order valence-electron chi connectivity index (χ1n) is 7.44. The molecule has 1 aromatic carbocycles. The molecule has 0 bridgehead atoms. The van der Waals surface area contributed by atoms with Gasteiger partial charge in [0.2, 0.25) is 0 Å². The van der Waals surface area contributed by atoms with Crippen molar-refractivity contribution in [2.45, 2.75) is 58.4 Å². The normalized spacial score (nSPS) is 18.8. The Morgan fingerprint density at radius 3 is 2.56 bits per heavy atom. The van der Waals surface area contributed by atoms with E-state index in [2.05, 4.69) is 44.4 Å². The Kier molecular flexibility index (Phi) is 4.82. The Balaban J connectivity index is 2.06. The van der Waals surface area contributed by atoms with Gasteiger partial charge in [0.1, 0.15) is 0 Å². The molecule has 0 heterocycles. The van der Waals surface area contributed by atoms with Gasteiger partial charge in [0.15, 0.2) is 0 Å². The molecule has 0 aliphatic heterocycles. The summed E-state index contributed by atoms with van der Waals surface area (Å²) in [4.78, 5) is 0. The van der Waals surface area contributed by atoms with Crippen LogP contribution in [0.3, 0.4) is 0 Å². The molecule has 1 atom stereocenters. The van der Waals surface area contributed by atoms with Crippen molar-refractivity contribution in [1.29, 1.82) is 0 Å². The zero-order valence-electron chi connectivity index (χ0n) is 12.1. The van der Waals surface area contributed by atoms with E-state index in [1.54, 1.807) is 0 Å². The molecule has 1 fully saturated rings. The second-order valence-corrected chi connectivity index (χ2v) is 5.93. The van der Waals surface area contributed by atoms with Crippen molar-refractivity contribution in [2.75, 3.05) is 7.05 Å². The highest BCUT2D eigenvalue weighted by Gasteiger charge is 2.22. The zero-order valence-corrected chi connectivity index (χ0v) is 12.1. The van der Waals surface area contributed by atoms with Crippen LogP contribution in [-0.4, -0.2) is 13.1 Å². The summed E-state index contributed by atoms with van der Waals surface area (Å²) in [5.74, 6) is 0.878. The molecule has 0 saturated heterocycles. The molecule has 1 N–H and O–H groups in total. The van der Waals surface area contributed by atoms with E-state index in [9.17, 15) is 0 Å². The van der Waals surface area contributed by atoms with Gasteiger partial charge >= 0.3 is 0 Å². The summed E-state index contributed by atoms with van der Waals surface area (Å²) in [5, 5.41) is 3.57. The summed E-state index contributed by atoms with van der Waals surface area (Å²) in [6, 6.07) is 7.50. The van der Waals surface area contributed by atoms with E-state index < -0.39 is 0 Å². The molecule has 0 amide bonds. The fourth-order valence-corrected chi connectivity index (χ4v) is 3.30. The smallest absolute Gasteiger partial charge is 0.0133 e. The van der Waals surface area contributed by atoms with Crippen molar-refractivity contribution in [3.8, 4) is 0 Å². The lowest BCUT2D eigenvalue weighted by molar-refractivity contribution is 0.276. The monoisotopic (exact) mass is 245 g/mol. The lowest BCUT2D eigenvalue weighted by Crippen LogP contribution is -2.36. The summed E-state index contributed by atoms with van der Waals surface area (Å²) in [6.45, 7) is 4.43. The molecule has 100 valence electrons. The number of aryl methyl sites for hydroxylation is 2. The summed E-state index contributed by atoms with van der Waals surface area (Å²) in [5.41, 5.74) is 4.35. The molecule has 2 rings (SSSR count). The van der Waals surface area contributed by atoms with Crippen molar-refractivity contribution >= 4 is 0 Å². The average molecular weight is 245 g/mol. The second-order valence-electron chi connectivity index (χ2n) is 5.93. The van der Waals surface area contributed by atoms with Crippen molar-refractivity contribution in [3.05, 3.63) is 34.9 Å². The van der Waals surface area contributed by atoms with E-state index in [4.69, 9.17) is 0 Å². The molecule has 1 unspecified atom stereocenters. The predicted octanol–water partition coefficient (Wildman–Crippen LogP) is 4.01. The maximum absolute atomic E-state index is 3.57. The average Bonchev–Trinajstić information content (AvgIpc) is 2.41. The van der Waals surface area contributed by atoms with Crippen LogP contribution in [0.5, 0.6) is 0 Å². The standard InChI is InChI=1S/C17H27N/c1-13-9-10-14(2)16(11-13)12-17(18-3)15-7-5-4-6-8-15/h9-11,15,17-18H,4-8,12H2,1-3H3. The van der Waals surface area contributed by atoms with Gasteiger partial charge in [0, 0.05) is 6.04 Å². The largest absolute Gasteiger partial charge is 0.316 e. The van der Waals surface area contributed by atoms with Gasteiger partial charge in [-0.15, -0.1) is 0 Å². The number of nitrogens with one attached hydrogen (secondary N) is 1. The molecule has 1 saturated carbocycles. The van der Waals surface area contributed by atoms with Crippen molar-refractivity contribution in [3.63, 3.8) is 0 Å². The molecule has 1 nitrogen and oxygen atoms in total. The highest BCUT2D eigenvalue weighted by molar-refractivity contribution is 5.31. The van der Waals surface area contributed by atoms with Gasteiger partial charge in [0.25, 0.3) is 0 Å². The van der Waals surface area contributed by atoms with Crippen LogP contribution < -0.4 is 5.32 Å². The highest BCUT2D eigenvalue weighted by atomic mass is 14.9. The van der Waals surface area contributed by atoms with E-state index in [1.807, 2.05) is 0 Å². The molecule has 1 aliphatic rings. The number of likely N-dealkylation sites (N-methyl/N-ethyl adjacent to an activating group) is 1. The summed E-state index contributed by atoms with van der Waals surface area (Å²) in [6.07, 6.45) is 8.31. The summed E-state index contributed by atoms with van der Waals surface area (Å²) >= 11 is 0.